The van der Waals surface area contributed by atoms with Crippen molar-refractivity contribution in [3.05, 3.63) is 59.7 Å². The Morgan fingerprint density at radius 2 is 1.84 bits per heavy atom. The van der Waals surface area contributed by atoms with Crippen molar-refractivity contribution in [2.45, 2.75) is 58.9 Å². The molecule has 4 heterocycles. The van der Waals surface area contributed by atoms with Crippen LogP contribution in [0.2, 0.25) is 0 Å². The number of pyridine rings is 1. The van der Waals surface area contributed by atoms with Crippen LogP contribution in [-0.4, -0.2) is 37.7 Å². The molecule has 0 spiro atoms. The Labute approximate surface area is 215 Å². The lowest BCUT2D eigenvalue weighted by Crippen LogP contribution is -2.22. The Morgan fingerprint density at radius 3 is 2.51 bits per heavy atom. The Kier molecular flexibility index (Phi) is 7.15. The van der Waals surface area contributed by atoms with E-state index in [1.54, 1.807) is 6.07 Å². The number of anilines is 2. The van der Waals surface area contributed by atoms with Crippen molar-refractivity contribution in [1.82, 2.24) is 24.5 Å². The number of hydrogen-bond acceptors (Lipinski definition) is 6. The lowest BCUT2D eigenvalue weighted by Gasteiger charge is -2.29. The molecule has 37 heavy (non-hydrogen) atoms. The van der Waals surface area contributed by atoms with Crippen LogP contribution >= 0.6 is 0 Å². The van der Waals surface area contributed by atoms with Crippen molar-refractivity contribution in [2.24, 2.45) is 5.92 Å². The van der Waals surface area contributed by atoms with Gasteiger partial charge in [0.25, 0.3) is 0 Å². The number of aryl methyl sites for hydroxylation is 1. The lowest BCUT2D eigenvalue weighted by molar-refractivity contribution is 0.0572. The number of nitrogens with zero attached hydrogens (tertiary/aromatic N) is 5. The van der Waals surface area contributed by atoms with Gasteiger partial charge in [-0.05, 0) is 75.6 Å². The number of benzene rings is 1. The highest BCUT2D eigenvalue weighted by atomic mass is 19.1. The van der Waals surface area contributed by atoms with Gasteiger partial charge in [0.2, 0.25) is 5.95 Å². The molecule has 1 aliphatic rings. The number of fused-ring (bicyclic) bond motifs is 1. The van der Waals surface area contributed by atoms with Gasteiger partial charge in [-0.15, -0.1) is 0 Å². The molecule has 5 rings (SSSR count). The summed E-state index contributed by atoms with van der Waals surface area (Å²) in [5.74, 6) is 1.31. The minimum Gasteiger partial charge on any atom is -0.381 e. The van der Waals surface area contributed by atoms with Crippen molar-refractivity contribution in [2.75, 3.05) is 18.5 Å². The van der Waals surface area contributed by atoms with Crippen LogP contribution in [0.25, 0.3) is 22.3 Å². The van der Waals surface area contributed by atoms with Crippen LogP contribution in [0.5, 0.6) is 0 Å². The number of halogens is 2. The summed E-state index contributed by atoms with van der Waals surface area (Å²) in [5.41, 5.74) is 2.39. The minimum absolute atomic E-state index is 0.00893. The van der Waals surface area contributed by atoms with E-state index in [-0.39, 0.29) is 23.2 Å². The smallest absolute Gasteiger partial charge is 0.229 e. The summed E-state index contributed by atoms with van der Waals surface area (Å²) in [5, 5.41) is 3.06. The Hall–Kier alpha value is -3.46. The van der Waals surface area contributed by atoms with Crippen molar-refractivity contribution >= 4 is 22.8 Å². The summed E-state index contributed by atoms with van der Waals surface area (Å²) in [7, 11) is 0. The fourth-order valence-corrected chi connectivity index (χ4v) is 5.46. The largest absolute Gasteiger partial charge is 0.381 e. The highest BCUT2D eigenvalue weighted by Gasteiger charge is 2.24. The van der Waals surface area contributed by atoms with Crippen LogP contribution in [-0.2, 0) is 4.74 Å². The molecule has 1 fully saturated rings. The summed E-state index contributed by atoms with van der Waals surface area (Å²) >= 11 is 0. The molecule has 1 atom stereocenters. The van der Waals surface area contributed by atoms with Crippen LogP contribution in [0.15, 0.2) is 36.7 Å². The molecule has 0 aliphatic carbocycles. The quantitative estimate of drug-likeness (QED) is 0.300. The van der Waals surface area contributed by atoms with Crippen LogP contribution < -0.4 is 5.32 Å². The molecule has 1 aromatic carbocycles. The SMILES string of the molecule is CC[C@H](c1ccc(Nc2ncc(F)c(-c3cc(F)c4nc(C)n(C(C)C)c4c3)n2)nc1)C1CCOCC1. The van der Waals surface area contributed by atoms with Gasteiger partial charge in [-0.2, -0.15) is 0 Å². The molecule has 0 saturated carbocycles. The van der Waals surface area contributed by atoms with Crippen molar-refractivity contribution < 1.29 is 13.5 Å². The minimum atomic E-state index is -0.637. The van der Waals surface area contributed by atoms with Gasteiger partial charge in [-0.25, -0.2) is 28.7 Å². The van der Waals surface area contributed by atoms with Gasteiger partial charge in [0, 0.05) is 31.0 Å². The third kappa shape index (κ3) is 5.05. The normalized spacial score (nSPS) is 15.4. The lowest BCUT2D eigenvalue weighted by atomic mass is 9.80. The van der Waals surface area contributed by atoms with E-state index in [0.29, 0.717) is 34.6 Å². The van der Waals surface area contributed by atoms with Gasteiger partial charge >= 0.3 is 0 Å². The molecule has 3 aromatic heterocycles. The summed E-state index contributed by atoms with van der Waals surface area (Å²) in [6.45, 7) is 9.66. The topological polar surface area (TPSA) is 77.8 Å². The monoisotopic (exact) mass is 506 g/mol. The maximum atomic E-state index is 15.0. The van der Waals surface area contributed by atoms with Crippen LogP contribution in [0, 0.1) is 24.5 Å². The molecule has 1 N–H and O–H groups in total. The summed E-state index contributed by atoms with van der Waals surface area (Å²) in [6, 6.07) is 7.02. The zero-order chi connectivity index (χ0) is 26.1. The molecule has 1 saturated heterocycles. The summed E-state index contributed by atoms with van der Waals surface area (Å²) < 4.78 is 37.2. The molecule has 7 nitrogen and oxygen atoms in total. The maximum Gasteiger partial charge on any atom is 0.229 e. The molecule has 0 unspecified atom stereocenters. The van der Waals surface area contributed by atoms with E-state index >= 15 is 0 Å². The molecule has 0 amide bonds. The molecular formula is C28H32F2N6O. The standard InChI is InChI=1S/C28H32F2N6O/c1-5-21(18-8-10-37-11-9-18)19-6-7-25(31-14-19)34-28-32-15-23(30)26(35-28)20-12-22(29)27-24(13-20)36(16(2)3)17(4)33-27/h6-7,12-16,18,21H,5,8-11H2,1-4H3,(H,31,32,34,35)/t21-/m0/s1. The number of imidazole rings is 1. The highest BCUT2D eigenvalue weighted by molar-refractivity contribution is 5.83. The number of rotatable bonds is 7. The molecule has 194 valence electrons. The fraction of sp³-hybridized carbons (Fsp3) is 0.429. The fourth-order valence-electron chi connectivity index (χ4n) is 5.46. The zero-order valence-corrected chi connectivity index (χ0v) is 21.6. The molecule has 4 aromatic rings. The van der Waals surface area contributed by atoms with E-state index in [2.05, 4.69) is 38.2 Å². The highest BCUT2D eigenvalue weighted by Crippen LogP contribution is 2.35. The van der Waals surface area contributed by atoms with Gasteiger partial charge < -0.3 is 14.6 Å². The maximum absolute atomic E-state index is 15.0. The predicted molar refractivity (Wildman–Crippen MR) is 140 cm³/mol. The first-order valence-electron chi connectivity index (χ1n) is 12.9. The van der Waals surface area contributed by atoms with Crippen LogP contribution in [0.4, 0.5) is 20.5 Å². The molecule has 9 heteroatoms. The third-order valence-electron chi connectivity index (χ3n) is 7.19. The first-order chi connectivity index (χ1) is 17.9. The summed E-state index contributed by atoms with van der Waals surface area (Å²) in [6.07, 6.45) is 6.14. The molecule has 1 aliphatic heterocycles. The number of hydrogen-bond donors (Lipinski definition) is 1. The van der Waals surface area contributed by atoms with Crippen molar-refractivity contribution in [3.8, 4) is 11.3 Å². The molecule has 0 radical (unpaired) electrons. The second kappa shape index (κ2) is 10.5. The Morgan fingerprint density at radius 1 is 1.05 bits per heavy atom. The molecule has 0 bridgehead atoms. The second-order valence-corrected chi connectivity index (χ2v) is 9.91. The van der Waals surface area contributed by atoms with Gasteiger partial charge in [0.15, 0.2) is 11.6 Å². The van der Waals surface area contributed by atoms with Crippen molar-refractivity contribution in [3.63, 3.8) is 0 Å². The first kappa shape index (κ1) is 25.2. The number of aromatic nitrogens is 5. The Bertz CT molecular complexity index is 1400. The van der Waals surface area contributed by atoms with Crippen molar-refractivity contribution in [1.29, 1.82) is 0 Å². The second-order valence-electron chi connectivity index (χ2n) is 9.91. The van der Waals surface area contributed by atoms with Gasteiger partial charge in [0.05, 0.1) is 11.7 Å². The van der Waals surface area contributed by atoms with E-state index in [4.69, 9.17) is 4.74 Å². The Balaban J connectivity index is 1.42. The van der Waals surface area contributed by atoms with Crippen LogP contribution in [0.3, 0.4) is 0 Å². The zero-order valence-electron chi connectivity index (χ0n) is 21.6. The predicted octanol–water partition coefficient (Wildman–Crippen LogP) is 6.72. The van der Waals surface area contributed by atoms with E-state index < -0.39 is 11.6 Å². The van der Waals surface area contributed by atoms with Gasteiger partial charge in [-0.3, -0.25) is 0 Å². The number of nitrogens with one attached hydrogen (secondary N) is 1. The average molecular weight is 507 g/mol. The summed E-state index contributed by atoms with van der Waals surface area (Å²) in [4.78, 5) is 17.4. The van der Waals surface area contributed by atoms with E-state index in [0.717, 1.165) is 38.7 Å². The van der Waals surface area contributed by atoms with Crippen LogP contribution in [0.1, 0.15) is 63.4 Å². The molecular weight excluding hydrogens is 474 g/mol. The van der Waals surface area contributed by atoms with E-state index in [1.165, 1.54) is 11.6 Å². The van der Waals surface area contributed by atoms with Gasteiger partial charge in [-0.1, -0.05) is 13.0 Å². The average Bonchev–Trinajstić information content (AvgIpc) is 3.24. The van der Waals surface area contributed by atoms with Gasteiger partial charge in [0.1, 0.15) is 22.9 Å². The third-order valence-corrected chi connectivity index (χ3v) is 7.19. The number of ether oxygens (including phenoxy) is 1. The van der Waals surface area contributed by atoms with E-state index in [9.17, 15) is 8.78 Å². The first-order valence-corrected chi connectivity index (χ1v) is 12.9. The van der Waals surface area contributed by atoms with E-state index in [1.807, 2.05) is 37.6 Å².